The molecule has 0 heterocycles. The average Bonchev–Trinajstić information content (AvgIpc) is 2.55. The van der Waals surface area contributed by atoms with Crippen LogP contribution < -0.4 is 10.1 Å². The van der Waals surface area contributed by atoms with Gasteiger partial charge in [0.1, 0.15) is 11.6 Å². The lowest BCUT2D eigenvalue weighted by Crippen LogP contribution is -2.37. The Morgan fingerprint density at radius 3 is 2.43 bits per heavy atom. The molecule has 0 aliphatic heterocycles. The van der Waals surface area contributed by atoms with Crippen molar-refractivity contribution >= 4 is 5.91 Å². The highest BCUT2D eigenvalue weighted by molar-refractivity contribution is 5.81. The molecule has 0 saturated carbocycles. The first kappa shape index (κ1) is 17.0. The van der Waals surface area contributed by atoms with Crippen LogP contribution in [-0.4, -0.2) is 12.0 Å². The number of halogens is 1. The van der Waals surface area contributed by atoms with E-state index in [1.54, 1.807) is 12.1 Å². The van der Waals surface area contributed by atoms with E-state index in [0.29, 0.717) is 18.7 Å². The molecular weight excluding hydrogens is 293 g/mol. The minimum atomic E-state index is -0.544. The molecule has 122 valence electrons. The first-order valence-corrected chi connectivity index (χ1v) is 7.75. The summed E-state index contributed by atoms with van der Waals surface area (Å²) in [5.74, 6) is 0.233. The van der Waals surface area contributed by atoms with Crippen molar-refractivity contribution in [3.63, 3.8) is 0 Å². The fourth-order valence-corrected chi connectivity index (χ4v) is 2.18. The molecule has 1 amide bonds. The zero-order valence-corrected chi connectivity index (χ0v) is 13.7. The zero-order chi connectivity index (χ0) is 16.8. The summed E-state index contributed by atoms with van der Waals surface area (Å²) >= 11 is 0. The monoisotopic (exact) mass is 315 g/mol. The molecule has 23 heavy (non-hydrogen) atoms. The van der Waals surface area contributed by atoms with Crippen LogP contribution in [0.4, 0.5) is 4.39 Å². The Morgan fingerprint density at radius 1 is 1.13 bits per heavy atom. The predicted molar refractivity (Wildman–Crippen MR) is 88.9 cm³/mol. The molecule has 1 unspecified atom stereocenters. The highest BCUT2D eigenvalue weighted by atomic mass is 19.1. The van der Waals surface area contributed by atoms with Gasteiger partial charge in [0.05, 0.1) is 0 Å². The molecule has 0 radical (unpaired) electrons. The second-order valence-corrected chi connectivity index (χ2v) is 5.61. The van der Waals surface area contributed by atoms with Crippen molar-refractivity contribution in [2.24, 2.45) is 0 Å². The van der Waals surface area contributed by atoms with Crippen molar-refractivity contribution in [1.29, 1.82) is 0 Å². The summed E-state index contributed by atoms with van der Waals surface area (Å²) in [5.41, 5.74) is 3.16. The number of carbonyl (C=O) groups excluding carboxylic acids is 1. The maximum Gasteiger partial charge on any atom is 0.261 e. The Morgan fingerprint density at radius 2 is 1.83 bits per heavy atom. The number of amides is 1. The number of carbonyl (C=O) groups is 1. The molecule has 3 nitrogen and oxygen atoms in total. The van der Waals surface area contributed by atoms with E-state index >= 15 is 0 Å². The van der Waals surface area contributed by atoms with Crippen LogP contribution >= 0.6 is 0 Å². The molecule has 0 fully saturated rings. The van der Waals surface area contributed by atoms with Crippen molar-refractivity contribution in [3.05, 3.63) is 65.0 Å². The van der Waals surface area contributed by atoms with Gasteiger partial charge in [-0.3, -0.25) is 4.79 Å². The predicted octanol–water partition coefficient (Wildman–Crippen LogP) is 3.92. The fourth-order valence-electron chi connectivity index (χ4n) is 2.18. The first-order chi connectivity index (χ1) is 11.0. The Labute approximate surface area is 136 Å². The van der Waals surface area contributed by atoms with E-state index in [4.69, 9.17) is 4.74 Å². The summed E-state index contributed by atoms with van der Waals surface area (Å²) in [6.07, 6.45) is 0.0277. The van der Waals surface area contributed by atoms with Crippen molar-refractivity contribution < 1.29 is 13.9 Å². The molecule has 1 atom stereocenters. The number of hydrogen-bond acceptors (Lipinski definition) is 2. The van der Waals surface area contributed by atoms with E-state index < -0.39 is 6.10 Å². The van der Waals surface area contributed by atoms with Crippen LogP contribution in [0.3, 0.4) is 0 Å². The minimum Gasteiger partial charge on any atom is -0.481 e. The standard InChI is InChI=1S/C19H22FNO2/c1-4-18(23-17-10-5-13(2)14(3)11-17)19(22)21-12-15-6-8-16(20)9-7-15/h5-11,18H,4,12H2,1-3H3,(H,21,22). The molecule has 1 N–H and O–H groups in total. The number of ether oxygens (including phenoxy) is 1. The van der Waals surface area contributed by atoms with Crippen molar-refractivity contribution in [3.8, 4) is 5.75 Å². The molecular formula is C19H22FNO2. The Balaban J connectivity index is 1.95. The van der Waals surface area contributed by atoms with Crippen LogP contribution in [0, 0.1) is 19.7 Å². The van der Waals surface area contributed by atoms with Gasteiger partial charge in [-0.2, -0.15) is 0 Å². The Kier molecular flexibility index (Phi) is 5.74. The smallest absolute Gasteiger partial charge is 0.261 e. The quantitative estimate of drug-likeness (QED) is 0.877. The molecule has 2 aromatic carbocycles. The van der Waals surface area contributed by atoms with E-state index in [0.717, 1.165) is 11.1 Å². The van der Waals surface area contributed by atoms with Crippen LogP contribution in [0.5, 0.6) is 5.75 Å². The van der Waals surface area contributed by atoms with Gasteiger partial charge >= 0.3 is 0 Å². The van der Waals surface area contributed by atoms with Crippen LogP contribution in [0.15, 0.2) is 42.5 Å². The second-order valence-electron chi connectivity index (χ2n) is 5.61. The first-order valence-electron chi connectivity index (χ1n) is 7.75. The minimum absolute atomic E-state index is 0.171. The lowest BCUT2D eigenvalue weighted by molar-refractivity contribution is -0.128. The maximum absolute atomic E-state index is 12.9. The Hall–Kier alpha value is -2.36. The summed E-state index contributed by atoms with van der Waals surface area (Å²) in [4.78, 5) is 12.3. The molecule has 2 rings (SSSR count). The number of benzene rings is 2. The summed E-state index contributed by atoms with van der Waals surface area (Å²) < 4.78 is 18.7. The van der Waals surface area contributed by atoms with E-state index in [2.05, 4.69) is 5.32 Å². The van der Waals surface area contributed by atoms with Crippen LogP contribution in [-0.2, 0) is 11.3 Å². The average molecular weight is 315 g/mol. The third kappa shape index (κ3) is 4.81. The highest BCUT2D eigenvalue weighted by Gasteiger charge is 2.18. The molecule has 0 bridgehead atoms. The summed E-state index contributed by atoms with van der Waals surface area (Å²) in [6, 6.07) is 11.9. The van der Waals surface area contributed by atoms with E-state index in [1.165, 1.54) is 17.7 Å². The number of aryl methyl sites for hydroxylation is 2. The van der Waals surface area contributed by atoms with Gasteiger partial charge in [-0.1, -0.05) is 25.1 Å². The Bertz CT molecular complexity index is 668. The largest absolute Gasteiger partial charge is 0.481 e. The lowest BCUT2D eigenvalue weighted by atomic mass is 10.1. The number of nitrogens with one attached hydrogen (secondary N) is 1. The third-order valence-electron chi connectivity index (χ3n) is 3.80. The molecule has 2 aromatic rings. The number of rotatable bonds is 6. The number of hydrogen-bond donors (Lipinski definition) is 1. The highest BCUT2D eigenvalue weighted by Crippen LogP contribution is 2.18. The van der Waals surface area contributed by atoms with E-state index in [1.807, 2.05) is 39.0 Å². The van der Waals surface area contributed by atoms with E-state index in [9.17, 15) is 9.18 Å². The van der Waals surface area contributed by atoms with Crippen molar-refractivity contribution in [2.45, 2.75) is 39.8 Å². The van der Waals surface area contributed by atoms with Gasteiger partial charge < -0.3 is 10.1 Å². The van der Waals surface area contributed by atoms with Gasteiger partial charge in [-0.15, -0.1) is 0 Å². The van der Waals surface area contributed by atoms with Crippen LogP contribution in [0.1, 0.15) is 30.0 Å². The third-order valence-corrected chi connectivity index (χ3v) is 3.80. The molecule has 0 aliphatic rings. The second kappa shape index (κ2) is 7.77. The molecule has 0 saturated heterocycles. The molecule has 4 heteroatoms. The van der Waals surface area contributed by atoms with Gasteiger partial charge in [0.15, 0.2) is 6.10 Å². The zero-order valence-electron chi connectivity index (χ0n) is 13.7. The van der Waals surface area contributed by atoms with E-state index in [-0.39, 0.29) is 11.7 Å². The van der Waals surface area contributed by atoms with Crippen LogP contribution in [0.25, 0.3) is 0 Å². The van der Waals surface area contributed by atoms with Gasteiger partial charge in [0.2, 0.25) is 0 Å². The van der Waals surface area contributed by atoms with Gasteiger partial charge in [-0.25, -0.2) is 4.39 Å². The normalized spacial score (nSPS) is 11.8. The summed E-state index contributed by atoms with van der Waals surface area (Å²) in [6.45, 7) is 6.30. The van der Waals surface area contributed by atoms with Crippen molar-refractivity contribution in [2.75, 3.05) is 0 Å². The molecule has 0 aromatic heterocycles. The van der Waals surface area contributed by atoms with Gasteiger partial charge in [0, 0.05) is 6.54 Å². The van der Waals surface area contributed by atoms with Gasteiger partial charge in [0.25, 0.3) is 5.91 Å². The SMILES string of the molecule is CCC(Oc1ccc(C)c(C)c1)C(=O)NCc1ccc(F)cc1. The summed E-state index contributed by atoms with van der Waals surface area (Å²) in [7, 11) is 0. The fraction of sp³-hybridized carbons (Fsp3) is 0.316. The van der Waals surface area contributed by atoms with Crippen LogP contribution in [0.2, 0.25) is 0 Å². The topological polar surface area (TPSA) is 38.3 Å². The molecule has 0 aliphatic carbocycles. The van der Waals surface area contributed by atoms with Crippen molar-refractivity contribution in [1.82, 2.24) is 5.32 Å². The van der Waals surface area contributed by atoms with Gasteiger partial charge in [-0.05, 0) is 61.2 Å². The maximum atomic E-state index is 12.9. The summed E-state index contributed by atoms with van der Waals surface area (Å²) in [5, 5.41) is 2.83. The lowest BCUT2D eigenvalue weighted by Gasteiger charge is -2.18. The molecule has 0 spiro atoms.